The van der Waals surface area contributed by atoms with E-state index in [-0.39, 0.29) is 17.9 Å². The minimum atomic E-state index is 0.00178. The summed E-state index contributed by atoms with van der Waals surface area (Å²) in [6.45, 7) is 12.5. The second-order valence-electron chi connectivity index (χ2n) is 5.97. The van der Waals surface area contributed by atoms with E-state index in [9.17, 15) is 4.79 Å². The third kappa shape index (κ3) is 3.51. The van der Waals surface area contributed by atoms with Crippen molar-refractivity contribution in [1.82, 2.24) is 15.1 Å². The third-order valence-electron chi connectivity index (χ3n) is 4.54. The van der Waals surface area contributed by atoms with E-state index in [1.54, 1.807) is 0 Å². The number of rotatable bonds is 5. The Morgan fingerprint density at radius 1 is 1.30 bits per heavy atom. The van der Waals surface area contributed by atoms with Gasteiger partial charge in [0.15, 0.2) is 0 Å². The topological polar surface area (TPSA) is 44.8 Å². The van der Waals surface area contributed by atoms with Crippen LogP contribution >= 0.6 is 0 Å². The number of ether oxygens (including phenoxy) is 1. The van der Waals surface area contributed by atoms with Crippen LogP contribution in [0.15, 0.2) is 0 Å². The van der Waals surface area contributed by atoms with Crippen LogP contribution in [0.1, 0.15) is 27.2 Å². The number of piperazine rings is 1. The Labute approximate surface area is 122 Å². The Bertz CT molecular complexity index is 324. The molecule has 0 aromatic carbocycles. The standard InChI is InChI=1S/C15H29N3O2/c1-4-6-16-14-11-20-10-13(14)15(19)18-8-7-17(5-2)12(3)9-18/h12-14,16H,4-11H2,1-3H3. The number of nitrogens with zero attached hydrogens (tertiary/aromatic N) is 2. The summed E-state index contributed by atoms with van der Waals surface area (Å²) in [6, 6.07) is 0.657. The number of hydrogen-bond acceptors (Lipinski definition) is 4. The van der Waals surface area contributed by atoms with Crippen molar-refractivity contribution < 1.29 is 9.53 Å². The van der Waals surface area contributed by atoms with Crippen molar-refractivity contribution in [2.24, 2.45) is 5.92 Å². The van der Waals surface area contributed by atoms with Crippen LogP contribution in [-0.4, -0.2) is 73.7 Å². The molecule has 2 rings (SSSR count). The lowest BCUT2D eigenvalue weighted by molar-refractivity contribution is -0.138. The first kappa shape index (κ1) is 15.7. The zero-order chi connectivity index (χ0) is 14.5. The molecule has 2 heterocycles. The minimum Gasteiger partial charge on any atom is -0.379 e. The Morgan fingerprint density at radius 2 is 2.10 bits per heavy atom. The van der Waals surface area contributed by atoms with Gasteiger partial charge in [0.05, 0.1) is 19.1 Å². The van der Waals surface area contributed by atoms with Crippen molar-refractivity contribution >= 4 is 5.91 Å². The molecular weight excluding hydrogens is 254 g/mol. The Balaban J connectivity index is 1.90. The molecule has 3 unspecified atom stereocenters. The summed E-state index contributed by atoms with van der Waals surface area (Å²) in [5.41, 5.74) is 0. The molecule has 0 aromatic heterocycles. The van der Waals surface area contributed by atoms with Crippen molar-refractivity contribution in [3.63, 3.8) is 0 Å². The van der Waals surface area contributed by atoms with E-state index in [0.717, 1.165) is 39.1 Å². The van der Waals surface area contributed by atoms with E-state index in [2.05, 4.69) is 31.0 Å². The molecule has 1 amide bonds. The minimum absolute atomic E-state index is 0.00178. The molecule has 2 fully saturated rings. The smallest absolute Gasteiger partial charge is 0.229 e. The highest BCUT2D eigenvalue weighted by Gasteiger charge is 2.37. The van der Waals surface area contributed by atoms with Gasteiger partial charge in [-0.2, -0.15) is 0 Å². The Kier molecular flexibility index (Phi) is 5.81. The van der Waals surface area contributed by atoms with Crippen molar-refractivity contribution in [2.45, 2.75) is 39.3 Å². The highest BCUT2D eigenvalue weighted by Crippen LogP contribution is 2.19. The molecular formula is C15H29N3O2. The first-order valence-electron chi connectivity index (χ1n) is 8.01. The number of likely N-dealkylation sites (N-methyl/N-ethyl adjacent to an activating group) is 1. The molecule has 0 aromatic rings. The van der Waals surface area contributed by atoms with Crippen molar-refractivity contribution in [1.29, 1.82) is 0 Å². The lowest BCUT2D eigenvalue weighted by Crippen LogP contribution is -2.56. The van der Waals surface area contributed by atoms with E-state index in [1.807, 2.05) is 4.90 Å². The highest BCUT2D eigenvalue weighted by atomic mass is 16.5. The SMILES string of the molecule is CCCNC1COCC1C(=O)N1CCN(CC)C(C)C1. The third-order valence-corrected chi connectivity index (χ3v) is 4.54. The number of amides is 1. The summed E-state index contributed by atoms with van der Waals surface area (Å²) >= 11 is 0. The predicted octanol–water partition coefficient (Wildman–Crippen LogP) is 0.554. The average molecular weight is 283 g/mol. The summed E-state index contributed by atoms with van der Waals surface area (Å²) in [6.07, 6.45) is 1.09. The normalized spacial score (nSPS) is 31.8. The maximum absolute atomic E-state index is 12.7. The fraction of sp³-hybridized carbons (Fsp3) is 0.933. The average Bonchev–Trinajstić information content (AvgIpc) is 2.92. The summed E-state index contributed by atoms with van der Waals surface area (Å²) in [7, 11) is 0. The highest BCUT2D eigenvalue weighted by molar-refractivity contribution is 5.80. The molecule has 0 saturated carbocycles. The van der Waals surface area contributed by atoms with Crippen molar-refractivity contribution in [3.05, 3.63) is 0 Å². The van der Waals surface area contributed by atoms with Crippen LogP contribution in [-0.2, 0) is 9.53 Å². The molecule has 0 aliphatic carbocycles. The molecule has 20 heavy (non-hydrogen) atoms. The van der Waals surface area contributed by atoms with Crippen LogP contribution in [0, 0.1) is 5.92 Å². The molecule has 2 saturated heterocycles. The van der Waals surface area contributed by atoms with Gasteiger partial charge in [-0.15, -0.1) is 0 Å². The number of nitrogens with one attached hydrogen (secondary N) is 1. The van der Waals surface area contributed by atoms with E-state index >= 15 is 0 Å². The summed E-state index contributed by atoms with van der Waals surface area (Å²) in [5, 5.41) is 3.45. The van der Waals surface area contributed by atoms with Gasteiger partial charge in [0, 0.05) is 31.7 Å². The van der Waals surface area contributed by atoms with Crippen LogP contribution in [0.3, 0.4) is 0 Å². The second-order valence-corrected chi connectivity index (χ2v) is 5.97. The van der Waals surface area contributed by atoms with Gasteiger partial charge in [0.25, 0.3) is 0 Å². The van der Waals surface area contributed by atoms with Gasteiger partial charge < -0.3 is 15.0 Å². The van der Waals surface area contributed by atoms with E-state index in [0.29, 0.717) is 19.3 Å². The molecule has 0 spiro atoms. The first-order valence-corrected chi connectivity index (χ1v) is 8.01. The summed E-state index contributed by atoms with van der Waals surface area (Å²) in [5.74, 6) is 0.278. The van der Waals surface area contributed by atoms with Gasteiger partial charge in [0.2, 0.25) is 5.91 Å². The van der Waals surface area contributed by atoms with Gasteiger partial charge in [0.1, 0.15) is 0 Å². The number of hydrogen-bond donors (Lipinski definition) is 1. The monoisotopic (exact) mass is 283 g/mol. The second kappa shape index (κ2) is 7.38. The van der Waals surface area contributed by atoms with Crippen LogP contribution in [0.4, 0.5) is 0 Å². The largest absolute Gasteiger partial charge is 0.379 e. The van der Waals surface area contributed by atoms with Gasteiger partial charge in [-0.1, -0.05) is 13.8 Å². The fourth-order valence-corrected chi connectivity index (χ4v) is 3.23. The van der Waals surface area contributed by atoms with Crippen molar-refractivity contribution in [3.8, 4) is 0 Å². The zero-order valence-electron chi connectivity index (χ0n) is 13.1. The maximum Gasteiger partial charge on any atom is 0.229 e. The number of carbonyl (C=O) groups excluding carboxylic acids is 1. The van der Waals surface area contributed by atoms with E-state index in [4.69, 9.17) is 4.74 Å². The molecule has 2 aliphatic rings. The zero-order valence-corrected chi connectivity index (χ0v) is 13.1. The van der Waals surface area contributed by atoms with Crippen LogP contribution < -0.4 is 5.32 Å². The van der Waals surface area contributed by atoms with Crippen LogP contribution in [0.25, 0.3) is 0 Å². The van der Waals surface area contributed by atoms with Gasteiger partial charge in [-0.25, -0.2) is 0 Å². The quantitative estimate of drug-likeness (QED) is 0.800. The molecule has 3 atom stereocenters. The fourth-order valence-electron chi connectivity index (χ4n) is 3.23. The van der Waals surface area contributed by atoms with Gasteiger partial charge >= 0.3 is 0 Å². The Hall–Kier alpha value is -0.650. The van der Waals surface area contributed by atoms with E-state index < -0.39 is 0 Å². The molecule has 0 radical (unpaired) electrons. The van der Waals surface area contributed by atoms with Gasteiger partial charge in [-0.3, -0.25) is 9.69 Å². The lowest BCUT2D eigenvalue weighted by Gasteiger charge is -2.40. The van der Waals surface area contributed by atoms with E-state index in [1.165, 1.54) is 0 Å². The summed E-state index contributed by atoms with van der Waals surface area (Å²) in [4.78, 5) is 17.2. The Morgan fingerprint density at radius 3 is 2.75 bits per heavy atom. The van der Waals surface area contributed by atoms with Crippen molar-refractivity contribution in [2.75, 3.05) is 45.9 Å². The first-order chi connectivity index (χ1) is 9.67. The molecule has 2 aliphatic heterocycles. The molecule has 0 bridgehead atoms. The van der Waals surface area contributed by atoms with Crippen LogP contribution in [0.2, 0.25) is 0 Å². The van der Waals surface area contributed by atoms with Gasteiger partial charge in [-0.05, 0) is 26.4 Å². The van der Waals surface area contributed by atoms with Crippen LogP contribution in [0.5, 0.6) is 0 Å². The lowest BCUT2D eigenvalue weighted by atomic mass is 10.0. The molecule has 1 N–H and O–H groups in total. The predicted molar refractivity (Wildman–Crippen MR) is 79.7 cm³/mol. The molecule has 5 heteroatoms. The summed E-state index contributed by atoms with van der Waals surface area (Å²) < 4.78 is 5.53. The molecule has 116 valence electrons. The molecule has 5 nitrogen and oxygen atoms in total. The number of carbonyl (C=O) groups is 1. The maximum atomic E-state index is 12.7.